The maximum Gasteiger partial charge on any atom is 0.303 e. The van der Waals surface area contributed by atoms with Gasteiger partial charge in [0.05, 0.1) is 0 Å². The van der Waals surface area contributed by atoms with Gasteiger partial charge in [0.25, 0.3) is 0 Å². The van der Waals surface area contributed by atoms with Crippen LogP contribution in [0.15, 0.2) is 24.4 Å². The topological polar surface area (TPSA) is 88.2 Å². The molecule has 100 valence electrons. The Balaban J connectivity index is 2.21. The number of fused-ring (bicyclic) bond motifs is 1. The number of nitrogens with one attached hydrogen (secondary N) is 1. The second-order valence-corrected chi connectivity index (χ2v) is 4.61. The van der Waals surface area contributed by atoms with E-state index in [2.05, 4.69) is 10.3 Å². The molecule has 2 aromatic rings. The molecule has 0 saturated heterocycles. The average Bonchev–Trinajstić information content (AvgIpc) is 2.34. The third-order valence-electron chi connectivity index (χ3n) is 2.74. The Bertz CT molecular complexity index is 616. The summed E-state index contributed by atoms with van der Waals surface area (Å²) in [5, 5.41) is 13.9. The predicted molar refractivity (Wildman–Crippen MR) is 76.5 cm³/mol. The van der Waals surface area contributed by atoms with Crippen molar-refractivity contribution in [1.82, 2.24) is 4.98 Å². The molecule has 1 aromatic heterocycles. The van der Waals surface area contributed by atoms with E-state index in [1.807, 2.05) is 6.07 Å². The van der Waals surface area contributed by atoms with Gasteiger partial charge in [0, 0.05) is 40.6 Å². The van der Waals surface area contributed by atoms with Crippen LogP contribution in [0.25, 0.3) is 10.8 Å². The Kier molecular flexibility index (Phi) is 4.06. The predicted octanol–water partition coefficient (Wildman–Crippen LogP) is 2.75. The Morgan fingerprint density at radius 1 is 1.42 bits per heavy atom. The first-order valence-corrected chi connectivity index (χ1v) is 6.25. The molecule has 0 amide bonds. The van der Waals surface area contributed by atoms with E-state index in [9.17, 15) is 4.79 Å². The van der Waals surface area contributed by atoms with E-state index in [4.69, 9.17) is 22.4 Å². The van der Waals surface area contributed by atoms with Crippen LogP contribution < -0.4 is 11.1 Å². The Morgan fingerprint density at radius 3 is 2.95 bits per heavy atom. The molecule has 0 fully saturated rings. The van der Waals surface area contributed by atoms with Gasteiger partial charge in [-0.25, -0.2) is 4.98 Å². The first-order valence-electron chi connectivity index (χ1n) is 5.87. The number of hydrogen-bond acceptors (Lipinski definition) is 4. The fourth-order valence-electron chi connectivity index (χ4n) is 1.86. The summed E-state index contributed by atoms with van der Waals surface area (Å²) < 4.78 is 0. The number of benzene rings is 1. The zero-order valence-corrected chi connectivity index (χ0v) is 10.9. The lowest BCUT2D eigenvalue weighted by atomic mass is 10.1. The average molecular weight is 280 g/mol. The summed E-state index contributed by atoms with van der Waals surface area (Å²) in [5.74, 6) is -0.142. The summed E-state index contributed by atoms with van der Waals surface area (Å²) in [7, 11) is 0. The van der Waals surface area contributed by atoms with Gasteiger partial charge < -0.3 is 16.2 Å². The second-order valence-electron chi connectivity index (χ2n) is 4.17. The number of nitrogens with zero attached hydrogens (tertiary/aromatic N) is 1. The molecule has 0 aliphatic heterocycles. The van der Waals surface area contributed by atoms with Crippen molar-refractivity contribution in [2.45, 2.75) is 12.8 Å². The van der Waals surface area contributed by atoms with Crippen LogP contribution >= 0.6 is 11.6 Å². The molecular weight excluding hydrogens is 266 g/mol. The highest BCUT2D eigenvalue weighted by Crippen LogP contribution is 2.29. The van der Waals surface area contributed by atoms with Crippen LogP contribution in [0.2, 0.25) is 5.02 Å². The van der Waals surface area contributed by atoms with Crippen molar-refractivity contribution in [1.29, 1.82) is 0 Å². The molecule has 0 atom stereocenters. The van der Waals surface area contributed by atoms with Crippen LogP contribution in [-0.4, -0.2) is 22.6 Å². The van der Waals surface area contributed by atoms with Crippen LogP contribution in [0.3, 0.4) is 0 Å². The van der Waals surface area contributed by atoms with Crippen LogP contribution in [0.4, 0.5) is 11.5 Å². The van der Waals surface area contributed by atoms with Crippen molar-refractivity contribution in [2.24, 2.45) is 0 Å². The van der Waals surface area contributed by atoms with E-state index in [1.165, 1.54) is 0 Å². The third kappa shape index (κ3) is 3.26. The number of halogens is 1. The minimum Gasteiger partial charge on any atom is -0.481 e. The lowest BCUT2D eigenvalue weighted by Crippen LogP contribution is -2.06. The molecule has 6 heteroatoms. The van der Waals surface area contributed by atoms with Crippen molar-refractivity contribution in [2.75, 3.05) is 17.6 Å². The molecule has 0 unspecified atom stereocenters. The summed E-state index contributed by atoms with van der Waals surface area (Å²) in [5.41, 5.74) is 6.50. The van der Waals surface area contributed by atoms with E-state index in [0.29, 0.717) is 29.5 Å². The molecule has 1 heterocycles. The molecule has 0 spiro atoms. The fraction of sp³-hybridized carbons (Fsp3) is 0.231. The lowest BCUT2D eigenvalue weighted by molar-refractivity contribution is -0.137. The van der Waals surface area contributed by atoms with Crippen molar-refractivity contribution in [3.63, 3.8) is 0 Å². The van der Waals surface area contributed by atoms with Gasteiger partial charge in [-0.2, -0.15) is 0 Å². The van der Waals surface area contributed by atoms with Crippen LogP contribution in [0.1, 0.15) is 12.8 Å². The Labute approximate surface area is 115 Å². The number of carbonyl (C=O) groups is 1. The van der Waals surface area contributed by atoms with Crippen molar-refractivity contribution >= 4 is 39.8 Å². The molecule has 0 saturated carbocycles. The Hall–Kier alpha value is -2.01. The summed E-state index contributed by atoms with van der Waals surface area (Å²) in [6.45, 7) is 0.533. The van der Waals surface area contributed by atoms with Crippen molar-refractivity contribution < 1.29 is 9.90 Å². The standard InChI is InChI=1S/C13H14ClN3O2/c14-8-6-10-9(11(15)7-8)3-5-17-13(10)16-4-1-2-12(18)19/h3,5-7H,1-2,4,15H2,(H,16,17)(H,18,19). The van der Waals surface area contributed by atoms with Gasteiger partial charge in [-0.3, -0.25) is 4.79 Å². The number of nitrogens with two attached hydrogens (primary N) is 1. The first-order chi connectivity index (χ1) is 9.08. The molecule has 4 N–H and O–H groups in total. The zero-order valence-electron chi connectivity index (χ0n) is 10.2. The molecule has 19 heavy (non-hydrogen) atoms. The summed E-state index contributed by atoms with van der Waals surface area (Å²) in [6.07, 6.45) is 2.32. The smallest absolute Gasteiger partial charge is 0.303 e. The van der Waals surface area contributed by atoms with Crippen LogP contribution in [0, 0.1) is 0 Å². The first kappa shape index (κ1) is 13.4. The molecule has 0 bridgehead atoms. The molecule has 0 aliphatic rings. The maximum atomic E-state index is 10.4. The Morgan fingerprint density at radius 2 is 2.21 bits per heavy atom. The van der Waals surface area contributed by atoms with E-state index >= 15 is 0 Å². The van der Waals surface area contributed by atoms with Crippen LogP contribution in [-0.2, 0) is 4.79 Å². The van der Waals surface area contributed by atoms with E-state index in [-0.39, 0.29) is 6.42 Å². The minimum atomic E-state index is -0.806. The van der Waals surface area contributed by atoms with Gasteiger partial charge in [0.15, 0.2) is 0 Å². The summed E-state index contributed by atoms with van der Waals surface area (Å²) in [6, 6.07) is 5.31. The highest BCUT2D eigenvalue weighted by Gasteiger charge is 2.06. The molecule has 2 rings (SSSR count). The number of pyridine rings is 1. The number of carboxylic acids is 1. The molecular formula is C13H14ClN3O2. The highest BCUT2D eigenvalue weighted by atomic mass is 35.5. The van der Waals surface area contributed by atoms with Gasteiger partial charge in [-0.1, -0.05) is 11.6 Å². The second kappa shape index (κ2) is 5.75. The number of hydrogen-bond donors (Lipinski definition) is 3. The number of rotatable bonds is 5. The summed E-state index contributed by atoms with van der Waals surface area (Å²) in [4.78, 5) is 14.7. The largest absolute Gasteiger partial charge is 0.481 e. The maximum absolute atomic E-state index is 10.4. The van der Waals surface area contributed by atoms with E-state index in [1.54, 1.807) is 18.3 Å². The number of anilines is 2. The quantitative estimate of drug-likeness (QED) is 0.578. The van der Waals surface area contributed by atoms with Gasteiger partial charge >= 0.3 is 5.97 Å². The fourth-order valence-corrected chi connectivity index (χ4v) is 2.09. The van der Waals surface area contributed by atoms with Gasteiger partial charge in [-0.15, -0.1) is 0 Å². The molecule has 1 aromatic carbocycles. The summed E-state index contributed by atoms with van der Waals surface area (Å²) >= 11 is 5.99. The highest BCUT2D eigenvalue weighted by molar-refractivity contribution is 6.32. The number of aromatic nitrogens is 1. The minimum absolute atomic E-state index is 0.126. The molecule has 0 radical (unpaired) electrons. The number of carboxylic acid groups (broad SMARTS) is 1. The van der Waals surface area contributed by atoms with Gasteiger partial charge in [0.1, 0.15) is 5.82 Å². The zero-order chi connectivity index (χ0) is 13.8. The third-order valence-corrected chi connectivity index (χ3v) is 2.95. The van der Waals surface area contributed by atoms with Gasteiger partial charge in [0.2, 0.25) is 0 Å². The monoisotopic (exact) mass is 279 g/mol. The van der Waals surface area contributed by atoms with Crippen molar-refractivity contribution in [3.05, 3.63) is 29.4 Å². The van der Waals surface area contributed by atoms with E-state index < -0.39 is 5.97 Å². The van der Waals surface area contributed by atoms with E-state index in [0.717, 1.165) is 10.8 Å². The van der Waals surface area contributed by atoms with Crippen LogP contribution in [0.5, 0.6) is 0 Å². The molecule has 5 nitrogen and oxygen atoms in total. The lowest BCUT2D eigenvalue weighted by Gasteiger charge is -2.10. The molecule has 0 aliphatic carbocycles. The number of aliphatic carboxylic acids is 1. The van der Waals surface area contributed by atoms with Crippen molar-refractivity contribution in [3.8, 4) is 0 Å². The number of nitrogen functional groups attached to an aromatic ring is 1. The van der Waals surface area contributed by atoms with Gasteiger partial charge in [-0.05, 0) is 24.6 Å². The normalized spacial score (nSPS) is 10.6. The SMILES string of the molecule is Nc1cc(Cl)cc2c(NCCCC(=O)O)nccc12.